The summed E-state index contributed by atoms with van der Waals surface area (Å²) in [5.41, 5.74) is 1.36. The summed E-state index contributed by atoms with van der Waals surface area (Å²) in [6, 6.07) is 0.697. The maximum Gasteiger partial charge on any atom is 0.0900 e. The third kappa shape index (κ3) is 2.15. The standard InChI is InChI=1S/C11H18N2S/c1-3-6-12-9-4-5-10-11(7-9)14-8(2)13-10/h9,12H,3-7H2,1-2H3. The van der Waals surface area contributed by atoms with Gasteiger partial charge in [-0.1, -0.05) is 6.92 Å². The molecule has 78 valence electrons. The van der Waals surface area contributed by atoms with Gasteiger partial charge in [-0.3, -0.25) is 0 Å². The molecule has 1 unspecified atom stereocenters. The lowest BCUT2D eigenvalue weighted by Gasteiger charge is -2.22. The van der Waals surface area contributed by atoms with Crippen LogP contribution in [0.4, 0.5) is 0 Å². The smallest absolute Gasteiger partial charge is 0.0900 e. The van der Waals surface area contributed by atoms with E-state index in [9.17, 15) is 0 Å². The molecule has 0 fully saturated rings. The van der Waals surface area contributed by atoms with E-state index in [1.165, 1.54) is 41.3 Å². The second kappa shape index (κ2) is 4.41. The molecular weight excluding hydrogens is 192 g/mol. The molecule has 1 atom stereocenters. The van der Waals surface area contributed by atoms with Crippen LogP contribution >= 0.6 is 11.3 Å². The van der Waals surface area contributed by atoms with Gasteiger partial charge in [0.15, 0.2) is 0 Å². The molecule has 1 N–H and O–H groups in total. The van der Waals surface area contributed by atoms with E-state index in [1.807, 2.05) is 11.3 Å². The van der Waals surface area contributed by atoms with Gasteiger partial charge in [0.25, 0.3) is 0 Å². The molecule has 0 bridgehead atoms. The van der Waals surface area contributed by atoms with E-state index in [4.69, 9.17) is 0 Å². The maximum atomic E-state index is 4.56. The molecule has 1 aromatic rings. The average molecular weight is 210 g/mol. The van der Waals surface area contributed by atoms with Crippen molar-refractivity contribution < 1.29 is 0 Å². The van der Waals surface area contributed by atoms with Gasteiger partial charge in [0.2, 0.25) is 0 Å². The highest BCUT2D eigenvalue weighted by molar-refractivity contribution is 7.11. The number of nitrogens with one attached hydrogen (secondary N) is 1. The molecule has 2 nitrogen and oxygen atoms in total. The minimum absolute atomic E-state index is 0.697. The fraction of sp³-hybridized carbons (Fsp3) is 0.727. The van der Waals surface area contributed by atoms with Crippen LogP contribution in [0.5, 0.6) is 0 Å². The number of hydrogen-bond acceptors (Lipinski definition) is 3. The lowest BCUT2D eigenvalue weighted by Crippen LogP contribution is -2.34. The molecule has 0 aliphatic heterocycles. The predicted octanol–water partition coefficient (Wildman–Crippen LogP) is 2.31. The van der Waals surface area contributed by atoms with Crippen LogP contribution in [0.1, 0.15) is 35.3 Å². The summed E-state index contributed by atoms with van der Waals surface area (Å²) in [4.78, 5) is 6.07. The summed E-state index contributed by atoms with van der Waals surface area (Å²) in [6.45, 7) is 5.48. The molecule has 0 radical (unpaired) electrons. The normalized spacial score (nSPS) is 20.9. The van der Waals surface area contributed by atoms with Gasteiger partial charge < -0.3 is 5.32 Å². The van der Waals surface area contributed by atoms with Gasteiger partial charge in [0.1, 0.15) is 0 Å². The number of thiazole rings is 1. The first kappa shape index (κ1) is 10.1. The highest BCUT2D eigenvalue weighted by atomic mass is 32.1. The van der Waals surface area contributed by atoms with Crippen molar-refractivity contribution in [3.8, 4) is 0 Å². The number of rotatable bonds is 3. The Morgan fingerprint density at radius 2 is 2.43 bits per heavy atom. The van der Waals surface area contributed by atoms with E-state index < -0.39 is 0 Å². The van der Waals surface area contributed by atoms with Crippen molar-refractivity contribution in [2.75, 3.05) is 6.54 Å². The minimum Gasteiger partial charge on any atom is -0.314 e. The van der Waals surface area contributed by atoms with Crippen molar-refractivity contribution in [2.24, 2.45) is 0 Å². The van der Waals surface area contributed by atoms with Gasteiger partial charge in [-0.05, 0) is 39.2 Å². The molecule has 0 saturated carbocycles. The van der Waals surface area contributed by atoms with E-state index in [-0.39, 0.29) is 0 Å². The van der Waals surface area contributed by atoms with E-state index >= 15 is 0 Å². The van der Waals surface area contributed by atoms with Crippen molar-refractivity contribution >= 4 is 11.3 Å². The Morgan fingerprint density at radius 3 is 3.21 bits per heavy atom. The lowest BCUT2D eigenvalue weighted by atomic mass is 9.98. The topological polar surface area (TPSA) is 24.9 Å². The molecule has 3 heteroatoms. The van der Waals surface area contributed by atoms with E-state index in [0.29, 0.717) is 6.04 Å². The summed E-state index contributed by atoms with van der Waals surface area (Å²) < 4.78 is 0. The van der Waals surface area contributed by atoms with Crippen LogP contribution in [0.2, 0.25) is 0 Å². The zero-order valence-electron chi connectivity index (χ0n) is 8.97. The van der Waals surface area contributed by atoms with Gasteiger partial charge in [-0.25, -0.2) is 4.98 Å². The Kier molecular flexibility index (Phi) is 3.19. The highest BCUT2D eigenvalue weighted by Crippen LogP contribution is 2.26. The van der Waals surface area contributed by atoms with Crippen LogP contribution < -0.4 is 5.32 Å². The fourth-order valence-electron chi connectivity index (χ4n) is 2.03. The third-order valence-electron chi connectivity index (χ3n) is 2.73. The molecule has 1 aliphatic carbocycles. The first-order chi connectivity index (χ1) is 6.79. The largest absolute Gasteiger partial charge is 0.314 e. The van der Waals surface area contributed by atoms with Crippen molar-refractivity contribution in [1.82, 2.24) is 10.3 Å². The van der Waals surface area contributed by atoms with Crippen LogP contribution in [0.25, 0.3) is 0 Å². The Labute approximate surface area is 89.8 Å². The van der Waals surface area contributed by atoms with Crippen molar-refractivity contribution in [2.45, 2.75) is 45.6 Å². The monoisotopic (exact) mass is 210 g/mol. The summed E-state index contributed by atoms with van der Waals surface area (Å²) in [6.07, 6.45) is 4.85. The van der Waals surface area contributed by atoms with Gasteiger partial charge >= 0.3 is 0 Å². The predicted molar refractivity (Wildman–Crippen MR) is 61.0 cm³/mol. The molecule has 14 heavy (non-hydrogen) atoms. The lowest BCUT2D eigenvalue weighted by molar-refractivity contribution is 0.459. The van der Waals surface area contributed by atoms with Crippen molar-refractivity contribution in [3.63, 3.8) is 0 Å². The molecule has 2 rings (SSSR count). The van der Waals surface area contributed by atoms with E-state index in [1.54, 1.807) is 0 Å². The van der Waals surface area contributed by atoms with Crippen molar-refractivity contribution in [3.05, 3.63) is 15.6 Å². The summed E-state index contributed by atoms with van der Waals surface area (Å²) in [5, 5.41) is 4.83. The summed E-state index contributed by atoms with van der Waals surface area (Å²) in [7, 11) is 0. The van der Waals surface area contributed by atoms with Crippen molar-refractivity contribution in [1.29, 1.82) is 0 Å². The SMILES string of the molecule is CCCNC1CCc2nc(C)sc2C1. The molecule has 0 spiro atoms. The quantitative estimate of drug-likeness (QED) is 0.828. The Hall–Kier alpha value is -0.410. The van der Waals surface area contributed by atoms with Crippen LogP contribution in [-0.4, -0.2) is 17.6 Å². The molecule has 0 amide bonds. The zero-order chi connectivity index (χ0) is 9.97. The molecule has 1 aromatic heterocycles. The molecular formula is C11H18N2S. The first-order valence-electron chi connectivity index (χ1n) is 5.48. The molecule has 0 aromatic carbocycles. The van der Waals surface area contributed by atoms with Crippen LogP contribution in [-0.2, 0) is 12.8 Å². The Morgan fingerprint density at radius 1 is 1.57 bits per heavy atom. The second-order valence-electron chi connectivity index (χ2n) is 4.00. The van der Waals surface area contributed by atoms with E-state index in [0.717, 1.165) is 6.54 Å². The number of aromatic nitrogens is 1. The molecule has 0 saturated heterocycles. The molecule has 1 heterocycles. The number of nitrogens with zero attached hydrogens (tertiary/aromatic N) is 1. The maximum absolute atomic E-state index is 4.56. The minimum atomic E-state index is 0.697. The number of hydrogen-bond donors (Lipinski definition) is 1. The first-order valence-corrected chi connectivity index (χ1v) is 6.29. The van der Waals surface area contributed by atoms with Crippen LogP contribution in [0, 0.1) is 6.92 Å². The van der Waals surface area contributed by atoms with Gasteiger partial charge in [0.05, 0.1) is 10.7 Å². The van der Waals surface area contributed by atoms with Gasteiger partial charge in [0, 0.05) is 10.9 Å². The Bertz CT molecular complexity index is 306. The summed E-state index contributed by atoms with van der Waals surface area (Å²) in [5.74, 6) is 0. The highest BCUT2D eigenvalue weighted by Gasteiger charge is 2.20. The van der Waals surface area contributed by atoms with Gasteiger partial charge in [-0.15, -0.1) is 11.3 Å². The Balaban J connectivity index is 1.98. The average Bonchev–Trinajstić information content (AvgIpc) is 2.54. The summed E-state index contributed by atoms with van der Waals surface area (Å²) >= 11 is 1.88. The molecule has 1 aliphatic rings. The van der Waals surface area contributed by atoms with Gasteiger partial charge in [-0.2, -0.15) is 0 Å². The van der Waals surface area contributed by atoms with Crippen LogP contribution in [0.15, 0.2) is 0 Å². The van der Waals surface area contributed by atoms with Crippen LogP contribution in [0.3, 0.4) is 0 Å². The van der Waals surface area contributed by atoms with E-state index in [2.05, 4.69) is 24.1 Å². The second-order valence-corrected chi connectivity index (χ2v) is 5.28. The fourth-order valence-corrected chi connectivity index (χ4v) is 3.09. The number of aryl methyl sites for hydroxylation is 2. The third-order valence-corrected chi connectivity index (χ3v) is 3.76. The zero-order valence-corrected chi connectivity index (χ0v) is 9.78. The number of fused-ring (bicyclic) bond motifs is 1.